The predicted molar refractivity (Wildman–Crippen MR) is 78.3 cm³/mol. The second kappa shape index (κ2) is 6.96. The van der Waals surface area contributed by atoms with E-state index in [1.54, 1.807) is 6.07 Å². The molecule has 0 saturated heterocycles. The molecule has 1 heterocycles. The number of aromatic nitrogens is 2. The summed E-state index contributed by atoms with van der Waals surface area (Å²) < 4.78 is 6.01. The first-order valence-electron chi connectivity index (χ1n) is 6.81. The highest BCUT2D eigenvalue weighted by Crippen LogP contribution is 2.30. The van der Waals surface area contributed by atoms with Crippen LogP contribution in [0.1, 0.15) is 39.0 Å². The van der Waals surface area contributed by atoms with Gasteiger partial charge in [-0.05, 0) is 31.4 Å². The molecule has 0 radical (unpaired) electrons. The van der Waals surface area contributed by atoms with Crippen molar-refractivity contribution in [3.8, 4) is 5.88 Å². The molecule has 2 rings (SSSR count). The minimum Gasteiger partial charge on any atom is -0.474 e. The number of hydrogen-bond acceptors (Lipinski definition) is 6. The highest BCUT2D eigenvalue weighted by molar-refractivity contribution is 7.98. The lowest BCUT2D eigenvalue weighted by Crippen LogP contribution is -2.25. The summed E-state index contributed by atoms with van der Waals surface area (Å²) in [5.74, 6) is 7.41. The van der Waals surface area contributed by atoms with E-state index in [1.807, 2.05) is 6.26 Å². The van der Waals surface area contributed by atoms with Crippen LogP contribution in [0, 0.1) is 5.92 Å². The fourth-order valence-electron chi connectivity index (χ4n) is 2.52. The molecule has 0 amide bonds. The summed E-state index contributed by atoms with van der Waals surface area (Å²) >= 11 is 1.48. The zero-order valence-electron chi connectivity index (χ0n) is 11.6. The van der Waals surface area contributed by atoms with E-state index in [2.05, 4.69) is 22.3 Å². The number of nitrogens with one attached hydrogen (secondary N) is 1. The molecule has 106 valence electrons. The van der Waals surface area contributed by atoms with Crippen LogP contribution in [0.2, 0.25) is 0 Å². The zero-order valence-corrected chi connectivity index (χ0v) is 12.4. The van der Waals surface area contributed by atoms with Crippen molar-refractivity contribution in [2.75, 3.05) is 11.7 Å². The molecule has 2 atom stereocenters. The van der Waals surface area contributed by atoms with Crippen LogP contribution in [0.5, 0.6) is 5.88 Å². The molecule has 19 heavy (non-hydrogen) atoms. The third kappa shape index (κ3) is 3.98. The molecule has 1 fully saturated rings. The van der Waals surface area contributed by atoms with Gasteiger partial charge >= 0.3 is 0 Å². The molecule has 6 heteroatoms. The van der Waals surface area contributed by atoms with Gasteiger partial charge in [0.2, 0.25) is 5.88 Å². The summed E-state index contributed by atoms with van der Waals surface area (Å²) in [5, 5.41) is 0.674. The van der Waals surface area contributed by atoms with E-state index in [4.69, 9.17) is 10.6 Å². The van der Waals surface area contributed by atoms with Crippen LogP contribution in [0.25, 0.3) is 0 Å². The first-order valence-corrected chi connectivity index (χ1v) is 8.04. The van der Waals surface area contributed by atoms with E-state index in [-0.39, 0.29) is 6.10 Å². The molecule has 0 aliphatic heterocycles. The van der Waals surface area contributed by atoms with Crippen molar-refractivity contribution in [1.29, 1.82) is 0 Å². The summed E-state index contributed by atoms with van der Waals surface area (Å²) in [6.45, 7) is 2.25. The topological polar surface area (TPSA) is 73.1 Å². The smallest absolute Gasteiger partial charge is 0.219 e. The van der Waals surface area contributed by atoms with E-state index in [0.29, 0.717) is 16.9 Å². The van der Waals surface area contributed by atoms with E-state index >= 15 is 0 Å². The van der Waals surface area contributed by atoms with E-state index in [9.17, 15) is 0 Å². The number of anilines is 1. The normalized spacial score (nSPS) is 23.1. The van der Waals surface area contributed by atoms with Crippen LogP contribution in [-0.2, 0) is 0 Å². The molecule has 2 unspecified atom stereocenters. The maximum absolute atomic E-state index is 6.01. The number of rotatable bonds is 5. The molecular weight excluding hydrogens is 260 g/mol. The average molecular weight is 282 g/mol. The number of ether oxygens (including phenoxy) is 1. The quantitative estimate of drug-likeness (QED) is 0.374. The van der Waals surface area contributed by atoms with Gasteiger partial charge in [0, 0.05) is 6.07 Å². The number of hydrogen-bond donors (Lipinski definition) is 2. The third-order valence-corrected chi connectivity index (χ3v) is 4.16. The van der Waals surface area contributed by atoms with Crippen molar-refractivity contribution in [2.24, 2.45) is 11.8 Å². The summed E-state index contributed by atoms with van der Waals surface area (Å²) in [6.07, 6.45) is 8.25. The standard InChI is InChI=1S/C13H22N4OS/c1-3-9-5-4-6-10(7-9)18-12-8-11(17-14)15-13(16-12)19-2/h8-10H,3-7,14H2,1-2H3,(H,15,16,17). The molecule has 0 aromatic carbocycles. The molecule has 3 N–H and O–H groups in total. The van der Waals surface area contributed by atoms with Crippen LogP contribution < -0.4 is 16.0 Å². The Morgan fingerprint density at radius 1 is 1.47 bits per heavy atom. The minimum atomic E-state index is 0.272. The molecule has 5 nitrogen and oxygen atoms in total. The molecule has 0 spiro atoms. The Morgan fingerprint density at radius 3 is 3.00 bits per heavy atom. The fourth-order valence-corrected chi connectivity index (χ4v) is 2.89. The lowest BCUT2D eigenvalue weighted by molar-refractivity contribution is 0.116. The van der Waals surface area contributed by atoms with Gasteiger partial charge in [-0.2, -0.15) is 4.98 Å². The van der Waals surface area contributed by atoms with Crippen LogP contribution in [0.3, 0.4) is 0 Å². The molecule has 1 saturated carbocycles. The first kappa shape index (κ1) is 14.4. The van der Waals surface area contributed by atoms with Crippen molar-refractivity contribution in [3.05, 3.63) is 6.07 Å². The summed E-state index contributed by atoms with van der Waals surface area (Å²) in [4.78, 5) is 8.61. The van der Waals surface area contributed by atoms with Gasteiger partial charge in [-0.3, -0.25) is 0 Å². The second-order valence-electron chi connectivity index (χ2n) is 4.90. The van der Waals surface area contributed by atoms with Crippen molar-refractivity contribution < 1.29 is 4.74 Å². The Kier molecular flexibility index (Phi) is 5.27. The van der Waals surface area contributed by atoms with Crippen LogP contribution >= 0.6 is 11.8 Å². The highest BCUT2D eigenvalue weighted by atomic mass is 32.2. The Balaban J connectivity index is 2.05. The van der Waals surface area contributed by atoms with Gasteiger partial charge in [-0.25, -0.2) is 10.8 Å². The number of nitrogen functional groups attached to an aromatic ring is 1. The Bertz CT molecular complexity index is 393. The molecule has 1 aliphatic carbocycles. The summed E-state index contributed by atoms with van der Waals surface area (Å²) in [6, 6.07) is 1.76. The van der Waals surface area contributed by atoms with Gasteiger partial charge in [0.25, 0.3) is 0 Å². The molecular formula is C13H22N4OS. The van der Waals surface area contributed by atoms with Crippen molar-refractivity contribution in [2.45, 2.75) is 50.3 Å². The van der Waals surface area contributed by atoms with Gasteiger partial charge in [0.15, 0.2) is 5.16 Å². The summed E-state index contributed by atoms with van der Waals surface area (Å²) in [5.41, 5.74) is 2.55. The maximum atomic E-state index is 6.01. The van der Waals surface area contributed by atoms with Gasteiger partial charge in [-0.1, -0.05) is 31.5 Å². The van der Waals surface area contributed by atoms with E-state index in [1.165, 1.54) is 31.0 Å². The highest BCUT2D eigenvalue weighted by Gasteiger charge is 2.22. The molecule has 1 aromatic rings. The van der Waals surface area contributed by atoms with Crippen molar-refractivity contribution >= 4 is 17.6 Å². The number of hydrazine groups is 1. The predicted octanol–water partition coefficient (Wildman–Crippen LogP) is 2.83. The van der Waals surface area contributed by atoms with E-state index < -0.39 is 0 Å². The first-order chi connectivity index (χ1) is 9.25. The summed E-state index contributed by atoms with van der Waals surface area (Å²) in [7, 11) is 0. The van der Waals surface area contributed by atoms with Gasteiger partial charge in [0.05, 0.1) is 0 Å². The Hall–Kier alpha value is -1.01. The van der Waals surface area contributed by atoms with Crippen molar-refractivity contribution in [3.63, 3.8) is 0 Å². The minimum absolute atomic E-state index is 0.272. The van der Waals surface area contributed by atoms with Gasteiger partial charge in [-0.15, -0.1) is 0 Å². The lowest BCUT2D eigenvalue weighted by atomic mass is 9.85. The van der Waals surface area contributed by atoms with Crippen molar-refractivity contribution in [1.82, 2.24) is 9.97 Å². The SMILES string of the molecule is CCC1CCCC(Oc2cc(NN)nc(SC)n2)C1. The monoisotopic (exact) mass is 282 g/mol. The molecule has 1 aliphatic rings. The number of nitrogens with zero attached hydrogens (tertiary/aromatic N) is 2. The number of thioether (sulfide) groups is 1. The fraction of sp³-hybridized carbons (Fsp3) is 0.692. The van der Waals surface area contributed by atoms with Gasteiger partial charge in [0.1, 0.15) is 11.9 Å². The Morgan fingerprint density at radius 2 is 2.32 bits per heavy atom. The van der Waals surface area contributed by atoms with Gasteiger partial charge < -0.3 is 10.2 Å². The average Bonchev–Trinajstić information content (AvgIpc) is 2.47. The maximum Gasteiger partial charge on any atom is 0.219 e. The van der Waals surface area contributed by atoms with Crippen LogP contribution in [0.4, 0.5) is 5.82 Å². The van der Waals surface area contributed by atoms with E-state index in [0.717, 1.165) is 18.8 Å². The largest absolute Gasteiger partial charge is 0.474 e. The van der Waals surface area contributed by atoms with Crippen LogP contribution in [-0.4, -0.2) is 22.3 Å². The molecule has 1 aromatic heterocycles. The lowest BCUT2D eigenvalue weighted by Gasteiger charge is -2.28. The van der Waals surface area contributed by atoms with Crippen LogP contribution in [0.15, 0.2) is 11.2 Å². The molecule has 0 bridgehead atoms. The third-order valence-electron chi connectivity index (χ3n) is 3.61. The zero-order chi connectivity index (χ0) is 13.7. The number of nitrogens with two attached hydrogens (primary N) is 1. The second-order valence-corrected chi connectivity index (χ2v) is 5.68. The Labute approximate surface area is 118 Å².